The van der Waals surface area contributed by atoms with Gasteiger partial charge in [0.1, 0.15) is 5.75 Å². The minimum absolute atomic E-state index is 0.0152. The topological polar surface area (TPSA) is 72.6 Å². The zero-order valence-corrected chi connectivity index (χ0v) is 13.6. The van der Waals surface area contributed by atoms with Gasteiger partial charge in [0.15, 0.2) is 9.84 Å². The first-order chi connectivity index (χ1) is 9.84. The molecule has 0 amide bonds. The molecule has 1 saturated heterocycles. The van der Waals surface area contributed by atoms with Gasteiger partial charge >= 0.3 is 0 Å². The van der Waals surface area contributed by atoms with E-state index < -0.39 is 9.84 Å². The fourth-order valence-corrected chi connectivity index (χ4v) is 4.60. The number of nitrogens with zero attached hydrogens (tertiary/aromatic N) is 1. The maximum absolute atomic E-state index is 11.7. The highest BCUT2D eigenvalue weighted by Crippen LogP contribution is 2.29. The van der Waals surface area contributed by atoms with Crippen LogP contribution >= 0.6 is 0 Å². The highest BCUT2D eigenvalue weighted by molar-refractivity contribution is 7.91. The van der Waals surface area contributed by atoms with Gasteiger partial charge in [-0.3, -0.25) is 4.90 Å². The Kier molecular flexibility index (Phi) is 4.91. The van der Waals surface area contributed by atoms with Crippen LogP contribution in [0.4, 0.5) is 0 Å². The highest BCUT2D eigenvalue weighted by atomic mass is 32.2. The molecule has 1 aromatic carbocycles. The molecule has 1 heterocycles. The predicted molar refractivity (Wildman–Crippen MR) is 84.2 cm³/mol. The van der Waals surface area contributed by atoms with Crippen LogP contribution in [-0.2, 0) is 9.84 Å². The van der Waals surface area contributed by atoms with Gasteiger partial charge in [0.25, 0.3) is 0 Å². The number of methoxy groups -OCH3 is 1. The van der Waals surface area contributed by atoms with E-state index in [-0.39, 0.29) is 29.6 Å². The zero-order valence-electron chi connectivity index (χ0n) is 12.8. The number of hydrogen-bond acceptors (Lipinski definition) is 5. The minimum Gasteiger partial charge on any atom is -0.497 e. The summed E-state index contributed by atoms with van der Waals surface area (Å²) < 4.78 is 28.7. The SMILES string of the molecule is COc1ccc(C(C(C)N)N2CCS(=O)(=O)CC2C)cc1. The van der Waals surface area contributed by atoms with Crippen LogP contribution in [0, 0.1) is 0 Å². The molecular weight excluding hydrogens is 288 g/mol. The molecule has 0 aliphatic carbocycles. The van der Waals surface area contributed by atoms with Crippen molar-refractivity contribution >= 4 is 9.84 Å². The largest absolute Gasteiger partial charge is 0.497 e. The number of hydrogen-bond donors (Lipinski definition) is 1. The van der Waals surface area contributed by atoms with E-state index in [0.717, 1.165) is 11.3 Å². The molecule has 0 spiro atoms. The molecular formula is C15H24N2O3S. The van der Waals surface area contributed by atoms with Gasteiger partial charge < -0.3 is 10.5 Å². The molecule has 3 unspecified atom stereocenters. The van der Waals surface area contributed by atoms with E-state index in [2.05, 4.69) is 4.90 Å². The average Bonchev–Trinajstić information content (AvgIpc) is 2.41. The van der Waals surface area contributed by atoms with Crippen molar-refractivity contribution in [1.82, 2.24) is 4.90 Å². The van der Waals surface area contributed by atoms with Crippen molar-refractivity contribution < 1.29 is 13.2 Å². The molecule has 6 heteroatoms. The molecule has 118 valence electrons. The van der Waals surface area contributed by atoms with Crippen molar-refractivity contribution in [3.63, 3.8) is 0 Å². The summed E-state index contributed by atoms with van der Waals surface area (Å²) in [5, 5.41) is 0. The molecule has 0 bridgehead atoms. The summed E-state index contributed by atoms with van der Waals surface area (Å²) in [4.78, 5) is 2.20. The number of nitrogens with two attached hydrogens (primary N) is 1. The summed E-state index contributed by atoms with van der Waals surface area (Å²) >= 11 is 0. The molecule has 1 aromatic rings. The fourth-order valence-electron chi connectivity index (χ4n) is 3.02. The normalized spacial score (nSPS) is 25.2. The number of ether oxygens (including phenoxy) is 1. The second kappa shape index (κ2) is 6.34. The second-order valence-electron chi connectivity index (χ2n) is 5.78. The number of sulfone groups is 1. The predicted octanol–water partition coefficient (Wildman–Crippen LogP) is 1.20. The Morgan fingerprint density at radius 3 is 2.43 bits per heavy atom. The third-order valence-corrected chi connectivity index (χ3v) is 5.83. The molecule has 0 radical (unpaired) electrons. The molecule has 1 fully saturated rings. The number of rotatable bonds is 4. The lowest BCUT2D eigenvalue weighted by Crippen LogP contribution is -2.52. The monoisotopic (exact) mass is 312 g/mol. The van der Waals surface area contributed by atoms with E-state index in [4.69, 9.17) is 10.5 Å². The maximum Gasteiger partial charge on any atom is 0.153 e. The molecule has 0 saturated carbocycles. The molecule has 0 aromatic heterocycles. The summed E-state index contributed by atoms with van der Waals surface area (Å²) in [7, 11) is -1.28. The van der Waals surface area contributed by atoms with Gasteiger partial charge in [-0.05, 0) is 31.5 Å². The quantitative estimate of drug-likeness (QED) is 0.904. The van der Waals surface area contributed by atoms with E-state index in [9.17, 15) is 8.42 Å². The van der Waals surface area contributed by atoms with Crippen LogP contribution in [0.2, 0.25) is 0 Å². The molecule has 2 N–H and O–H groups in total. The van der Waals surface area contributed by atoms with E-state index in [0.29, 0.717) is 6.54 Å². The molecule has 2 rings (SSSR count). The van der Waals surface area contributed by atoms with Crippen molar-refractivity contribution in [1.29, 1.82) is 0 Å². The Hall–Kier alpha value is -1.11. The lowest BCUT2D eigenvalue weighted by Gasteiger charge is -2.41. The minimum atomic E-state index is -2.92. The van der Waals surface area contributed by atoms with Crippen LogP contribution in [0.1, 0.15) is 25.5 Å². The fraction of sp³-hybridized carbons (Fsp3) is 0.600. The van der Waals surface area contributed by atoms with Crippen molar-refractivity contribution in [3.05, 3.63) is 29.8 Å². The summed E-state index contributed by atoms with van der Waals surface area (Å²) in [6.07, 6.45) is 0. The highest BCUT2D eigenvalue weighted by Gasteiger charge is 2.34. The lowest BCUT2D eigenvalue weighted by molar-refractivity contribution is 0.140. The van der Waals surface area contributed by atoms with Gasteiger partial charge in [0, 0.05) is 24.7 Å². The van der Waals surface area contributed by atoms with E-state index in [1.807, 2.05) is 38.1 Å². The van der Waals surface area contributed by atoms with Crippen molar-refractivity contribution in [2.24, 2.45) is 5.73 Å². The van der Waals surface area contributed by atoms with Crippen LogP contribution in [-0.4, -0.2) is 50.6 Å². The standard InChI is InChI=1S/C15H24N2O3S/c1-11-10-21(18,19)9-8-17(11)15(12(2)16)13-4-6-14(20-3)7-5-13/h4-7,11-12,15H,8-10,16H2,1-3H3. The van der Waals surface area contributed by atoms with Gasteiger partial charge in [0.05, 0.1) is 18.6 Å². The molecule has 5 nitrogen and oxygen atoms in total. The van der Waals surface area contributed by atoms with Gasteiger partial charge in [0.2, 0.25) is 0 Å². The first-order valence-electron chi connectivity index (χ1n) is 7.20. The van der Waals surface area contributed by atoms with Crippen LogP contribution in [0.3, 0.4) is 0 Å². The summed E-state index contributed by atoms with van der Waals surface area (Å²) in [5.74, 6) is 1.21. The van der Waals surface area contributed by atoms with Gasteiger partial charge in [-0.2, -0.15) is 0 Å². The Morgan fingerprint density at radius 1 is 1.33 bits per heavy atom. The zero-order chi connectivity index (χ0) is 15.6. The van der Waals surface area contributed by atoms with Gasteiger partial charge in [-0.15, -0.1) is 0 Å². The maximum atomic E-state index is 11.7. The molecule has 1 aliphatic rings. The summed E-state index contributed by atoms with van der Waals surface area (Å²) in [6.45, 7) is 4.45. The third kappa shape index (κ3) is 3.75. The van der Waals surface area contributed by atoms with E-state index >= 15 is 0 Å². The smallest absolute Gasteiger partial charge is 0.153 e. The molecule has 1 aliphatic heterocycles. The first kappa shape index (κ1) is 16.3. The van der Waals surface area contributed by atoms with Crippen molar-refractivity contribution in [3.8, 4) is 5.75 Å². The van der Waals surface area contributed by atoms with E-state index in [1.54, 1.807) is 7.11 Å². The van der Waals surface area contributed by atoms with Crippen molar-refractivity contribution in [2.75, 3.05) is 25.2 Å². The third-order valence-electron chi connectivity index (χ3n) is 4.03. The van der Waals surface area contributed by atoms with Gasteiger partial charge in [-0.1, -0.05) is 12.1 Å². The lowest BCUT2D eigenvalue weighted by atomic mass is 9.97. The Labute approximate surface area is 127 Å². The van der Waals surface area contributed by atoms with Crippen molar-refractivity contribution in [2.45, 2.75) is 32.0 Å². The van der Waals surface area contributed by atoms with Crippen LogP contribution in [0.15, 0.2) is 24.3 Å². The first-order valence-corrected chi connectivity index (χ1v) is 9.02. The molecule has 3 atom stereocenters. The number of benzene rings is 1. The summed E-state index contributed by atoms with van der Waals surface area (Å²) in [5.41, 5.74) is 7.27. The van der Waals surface area contributed by atoms with Gasteiger partial charge in [-0.25, -0.2) is 8.42 Å². The van der Waals surface area contributed by atoms with Crippen LogP contribution in [0.5, 0.6) is 5.75 Å². The summed E-state index contributed by atoms with van der Waals surface area (Å²) in [6, 6.07) is 7.74. The Balaban J connectivity index is 2.26. The average molecular weight is 312 g/mol. The van der Waals surface area contributed by atoms with Crippen LogP contribution in [0.25, 0.3) is 0 Å². The van der Waals surface area contributed by atoms with Crippen LogP contribution < -0.4 is 10.5 Å². The second-order valence-corrected chi connectivity index (χ2v) is 8.01. The Morgan fingerprint density at radius 2 is 1.95 bits per heavy atom. The Bertz CT molecular complexity index is 569. The van der Waals surface area contributed by atoms with E-state index in [1.165, 1.54) is 0 Å². The molecule has 21 heavy (non-hydrogen) atoms.